The van der Waals surface area contributed by atoms with Crippen LogP contribution in [-0.4, -0.2) is 19.1 Å². The molecule has 0 saturated heterocycles. The molecule has 0 aromatic heterocycles. The minimum atomic E-state index is -0.0966. The molecule has 0 fully saturated rings. The van der Waals surface area contributed by atoms with Gasteiger partial charge in [-0.1, -0.05) is 24.2 Å². The summed E-state index contributed by atoms with van der Waals surface area (Å²) in [5, 5.41) is 3.05. The number of amides is 1. The minimum absolute atomic E-state index is 0.0966. The van der Waals surface area contributed by atoms with E-state index in [0.717, 1.165) is 5.75 Å². The summed E-state index contributed by atoms with van der Waals surface area (Å²) in [4.78, 5) is 11.4. The van der Waals surface area contributed by atoms with E-state index < -0.39 is 0 Å². The van der Waals surface area contributed by atoms with Gasteiger partial charge in [0.25, 0.3) is 0 Å². The number of carbonyl (C=O) groups excluding carboxylic acids is 1. The van der Waals surface area contributed by atoms with Crippen molar-refractivity contribution in [3.63, 3.8) is 0 Å². The smallest absolute Gasteiger partial charge is 0.223 e. The second-order valence-corrected chi connectivity index (χ2v) is 4.67. The fourth-order valence-corrected chi connectivity index (χ4v) is 1.41. The Kier molecular flexibility index (Phi) is 5.72. The van der Waals surface area contributed by atoms with Crippen molar-refractivity contribution in [2.45, 2.75) is 20.3 Å². The van der Waals surface area contributed by atoms with Gasteiger partial charge in [-0.3, -0.25) is 4.79 Å². The summed E-state index contributed by atoms with van der Waals surface area (Å²) in [6.07, 6.45) is 0.303. The summed E-state index contributed by atoms with van der Waals surface area (Å²) in [5.74, 6) is 0.688. The number of halogens is 1. The van der Waals surface area contributed by atoms with E-state index >= 15 is 0 Å². The van der Waals surface area contributed by atoms with E-state index in [2.05, 4.69) is 11.9 Å². The van der Waals surface area contributed by atoms with Crippen molar-refractivity contribution in [1.29, 1.82) is 0 Å². The molecular weight excluding hydrogens is 250 g/mol. The molecule has 0 aliphatic heterocycles. The van der Waals surface area contributed by atoms with Crippen LogP contribution in [0.25, 0.3) is 0 Å². The van der Waals surface area contributed by atoms with E-state index in [1.54, 1.807) is 0 Å². The Morgan fingerprint density at radius 1 is 1.39 bits per heavy atom. The van der Waals surface area contributed by atoms with E-state index in [1.807, 2.05) is 32.0 Å². The summed E-state index contributed by atoms with van der Waals surface area (Å²) in [7, 11) is 0. The molecule has 0 unspecified atom stereocenters. The molecule has 0 radical (unpaired) electrons. The Balaban J connectivity index is 2.30. The first-order chi connectivity index (χ1) is 8.49. The molecule has 98 valence electrons. The third-order valence-electron chi connectivity index (χ3n) is 2.55. The monoisotopic (exact) mass is 267 g/mol. The number of hydrogen-bond acceptors (Lipinski definition) is 2. The van der Waals surface area contributed by atoms with Crippen molar-refractivity contribution in [2.75, 3.05) is 13.2 Å². The second-order valence-electron chi connectivity index (χ2n) is 4.14. The Morgan fingerprint density at radius 3 is 2.72 bits per heavy atom. The number of carbonyl (C=O) groups is 1. The highest BCUT2D eigenvalue weighted by Gasteiger charge is 2.02. The normalized spacial score (nSPS) is 9.94. The van der Waals surface area contributed by atoms with Crippen LogP contribution in [0.3, 0.4) is 0 Å². The average molecular weight is 268 g/mol. The van der Waals surface area contributed by atoms with Crippen molar-refractivity contribution < 1.29 is 9.53 Å². The van der Waals surface area contributed by atoms with Gasteiger partial charge in [0.2, 0.25) is 5.91 Å². The largest absolute Gasteiger partial charge is 0.493 e. The molecule has 0 heterocycles. The highest BCUT2D eigenvalue weighted by molar-refractivity contribution is 6.29. The maximum absolute atomic E-state index is 11.4. The van der Waals surface area contributed by atoms with Gasteiger partial charge >= 0.3 is 0 Å². The second kappa shape index (κ2) is 7.07. The Labute approximate surface area is 113 Å². The number of benzene rings is 1. The van der Waals surface area contributed by atoms with Crippen LogP contribution in [0.15, 0.2) is 29.8 Å². The fourth-order valence-electron chi connectivity index (χ4n) is 1.35. The lowest BCUT2D eigenvalue weighted by Gasteiger charge is -2.08. The van der Waals surface area contributed by atoms with Gasteiger partial charge in [0, 0.05) is 5.03 Å². The average Bonchev–Trinajstić information content (AvgIpc) is 2.31. The van der Waals surface area contributed by atoms with Crippen LogP contribution in [0.5, 0.6) is 5.75 Å². The number of hydrogen-bond donors (Lipinski definition) is 1. The molecule has 1 amide bonds. The molecule has 0 aliphatic rings. The third-order valence-corrected chi connectivity index (χ3v) is 2.69. The molecule has 1 rings (SSSR count). The van der Waals surface area contributed by atoms with Crippen molar-refractivity contribution in [1.82, 2.24) is 5.32 Å². The fraction of sp³-hybridized carbons (Fsp3) is 0.357. The quantitative estimate of drug-likeness (QED) is 0.861. The van der Waals surface area contributed by atoms with Gasteiger partial charge in [-0.2, -0.15) is 0 Å². The molecule has 0 atom stereocenters. The molecule has 1 aromatic carbocycles. The molecule has 0 aliphatic carbocycles. The first-order valence-corrected chi connectivity index (χ1v) is 6.17. The van der Waals surface area contributed by atoms with Gasteiger partial charge in [-0.05, 0) is 37.1 Å². The van der Waals surface area contributed by atoms with E-state index in [1.165, 1.54) is 11.1 Å². The Hall–Kier alpha value is -1.48. The zero-order valence-electron chi connectivity index (χ0n) is 10.8. The van der Waals surface area contributed by atoms with Crippen LogP contribution in [0, 0.1) is 13.8 Å². The Morgan fingerprint density at radius 2 is 2.11 bits per heavy atom. The number of ether oxygens (including phenoxy) is 1. The third kappa shape index (κ3) is 5.23. The first kappa shape index (κ1) is 14.6. The maximum atomic E-state index is 11.4. The summed E-state index contributed by atoms with van der Waals surface area (Å²) < 4.78 is 5.50. The van der Waals surface area contributed by atoms with Gasteiger partial charge < -0.3 is 10.1 Å². The number of rotatable bonds is 6. The van der Waals surface area contributed by atoms with E-state index in [-0.39, 0.29) is 5.91 Å². The lowest BCUT2D eigenvalue weighted by atomic mass is 10.1. The van der Waals surface area contributed by atoms with Crippen molar-refractivity contribution in [3.8, 4) is 5.75 Å². The molecule has 18 heavy (non-hydrogen) atoms. The van der Waals surface area contributed by atoms with Crippen LogP contribution >= 0.6 is 11.6 Å². The maximum Gasteiger partial charge on any atom is 0.223 e. The molecule has 0 bridgehead atoms. The standard InChI is InChI=1S/C14H18ClNO2/c1-10-4-5-13(8-11(10)2)18-7-6-14(17)16-9-12(3)15/h4-5,8H,3,6-7,9H2,1-2H3,(H,16,17). The van der Waals surface area contributed by atoms with Crippen LogP contribution in [0.1, 0.15) is 17.5 Å². The van der Waals surface area contributed by atoms with Gasteiger partial charge in [-0.25, -0.2) is 0 Å². The summed E-state index contributed by atoms with van der Waals surface area (Å²) in [5.41, 5.74) is 2.40. The lowest BCUT2D eigenvalue weighted by molar-refractivity contribution is -0.121. The first-order valence-electron chi connectivity index (χ1n) is 5.79. The summed E-state index contributed by atoms with van der Waals surface area (Å²) in [6, 6.07) is 5.87. The van der Waals surface area contributed by atoms with E-state index in [4.69, 9.17) is 16.3 Å². The molecule has 1 N–H and O–H groups in total. The van der Waals surface area contributed by atoms with Gasteiger partial charge in [-0.15, -0.1) is 0 Å². The van der Waals surface area contributed by atoms with Crippen LogP contribution < -0.4 is 10.1 Å². The molecule has 3 nitrogen and oxygen atoms in total. The van der Waals surface area contributed by atoms with E-state index in [0.29, 0.717) is 24.6 Å². The lowest BCUT2D eigenvalue weighted by Crippen LogP contribution is -2.25. The van der Waals surface area contributed by atoms with Crippen molar-refractivity contribution in [2.24, 2.45) is 0 Å². The zero-order valence-corrected chi connectivity index (χ0v) is 11.5. The predicted octanol–water partition coefficient (Wildman–Crippen LogP) is 2.94. The van der Waals surface area contributed by atoms with Crippen molar-refractivity contribution >= 4 is 17.5 Å². The number of aryl methyl sites for hydroxylation is 2. The molecule has 1 aromatic rings. The highest BCUT2D eigenvalue weighted by atomic mass is 35.5. The zero-order chi connectivity index (χ0) is 13.5. The predicted molar refractivity (Wildman–Crippen MR) is 74.0 cm³/mol. The summed E-state index contributed by atoms with van der Waals surface area (Å²) in [6.45, 7) is 8.21. The Bertz CT molecular complexity index is 443. The molecule has 0 spiro atoms. The van der Waals surface area contributed by atoms with Gasteiger partial charge in [0.1, 0.15) is 5.75 Å². The van der Waals surface area contributed by atoms with Crippen molar-refractivity contribution in [3.05, 3.63) is 40.9 Å². The van der Waals surface area contributed by atoms with Crippen LogP contribution in [0.2, 0.25) is 0 Å². The molecule has 4 heteroatoms. The van der Waals surface area contributed by atoms with Gasteiger partial charge in [0.05, 0.1) is 19.6 Å². The van der Waals surface area contributed by atoms with E-state index in [9.17, 15) is 4.79 Å². The van der Waals surface area contributed by atoms with Gasteiger partial charge in [0.15, 0.2) is 0 Å². The minimum Gasteiger partial charge on any atom is -0.493 e. The summed E-state index contributed by atoms with van der Waals surface area (Å²) >= 11 is 5.54. The highest BCUT2D eigenvalue weighted by Crippen LogP contribution is 2.16. The topological polar surface area (TPSA) is 38.3 Å². The molecular formula is C14H18ClNO2. The van der Waals surface area contributed by atoms with Crippen LogP contribution in [-0.2, 0) is 4.79 Å². The number of nitrogens with one attached hydrogen (secondary N) is 1. The SMILES string of the molecule is C=C(Cl)CNC(=O)CCOc1ccc(C)c(C)c1. The van der Waals surface area contributed by atoms with Crippen LogP contribution in [0.4, 0.5) is 0 Å². The molecule has 0 saturated carbocycles.